The van der Waals surface area contributed by atoms with E-state index in [0.717, 1.165) is 6.42 Å². The zero-order chi connectivity index (χ0) is 12.5. The average molecular weight is 236 g/mol. The van der Waals surface area contributed by atoms with Gasteiger partial charge in [-0.25, -0.2) is 0 Å². The van der Waals surface area contributed by atoms with Gasteiger partial charge in [-0.15, -0.1) is 0 Å². The lowest BCUT2D eigenvalue weighted by Crippen LogP contribution is -2.42. The molecule has 0 amide bonds. The van der Waals surface area contributed by atoms with Crippen LogP contribution in [0.25, 0.3) is 0 Å². The number of benzene rings is 1. The summed E-state index contributed by atoms with van der Waals surface area (Å²) in [7, 11) is 0. The maximum atomic E-state index is 11.4. The fourth-order valence-corrected chi connectivity index (χ4v) is 2.38. The van der Waals surface area contributed by atoms with Crippen molar-refractivity contribution in [2.75, 3.05) is 6.61 Å². The van der Waals surface area contributed by atoms with Gasteiger partial charge in [-0.1, -0.05) is 12.5 Å². The van der Waals surface area contributed by atoms with Gasteiger partial charge in [0, 0.05) is 0 Å². The van der Waals surface area contributed by atoms with E-state index in [1.54, 1.807) is 12.1 Å². The predicted molar refractivity (Wildman–Crippen MR) is 62.4 cm³/mol. The van der Waals surface area contributed by atoms with Crippen LogP contribution in [-0.4, -0.2) is 22.8 Å². The SMILES string of the molecule is CCOc1cccc(O)c1C1(C(=O)O)CCC1. The first-order chi connectivity index (χ1) is 8.12. The van der Waals surface area contributed by atoms with Crippen molar-refractivity contribution >= 4 is 5.97 Å². The van der Waals surface area contributed by atoms with E-state index in [2.05, 4.69) is 0 Å². The van der Waals surface area contributed by atoms with Crippen molar-refractivity contribution in [3.05, 3.63) is 23.8 Å². The Morgan fingerprint density at radius 1 is 1.47 bits per heavy atom. The summed E-state index contributed by atoms with van der Waals surface area (Å²) in [4.78, 5) is 11.4. The van der Waals surface area contributed by atoms with Crippen molar-refractivity contribution in [2.45, 2.75) is 31.6 Å². The standard InChI is InChI=1S/C13H16O4/c1-2-17-10-6-3-5-9(14)11(10)13(12(15)16)7-4-8-13/h3,5-6,14H,2,4,7-8H2,1H3,(H,15,16). The molecule has 1 aliphatic carbocycles. The van der Waals surface area contributed by atoms with E-state index < -0.39 is 11.4 Å². The highest BCUT2D eigenvalue weighted by molar-refractivity contribution is 5.85. The van der Waals surface area contributed by atoms with Gasteiger partial charge in [-0.2, -0.15) is 0 Å². The van der Waals surface area contributed by atoms with E-state index in [4.69, 9.17) is 4.74 Å². The number of carboxylic acid groups (broad SMARTS) is 1. The van der Waals surface area contributed by atoms with Crippen molar-refractivity contribution in [1.29, 1.82) is 0 Å². The monoisotopic (exact) mass is 236 g/mol. The highest BCUT2D eigenvalue weighted by atomic mass is 16.5. The average Bonchev–Trinajstić information content (AvgIpc) is 2.20. The molecule has 0 radical (unpaired) electrons. The number of carboxylic acids is 1. The number of hydrogen-bond acceptors (Lipinski definition) is 3. The van der Waals surface area contributed by atoms with Crippen molar-refractivity contribution in [3.63, 3.8) is 0 Å². The molecule has 4 heteroatoms. The zero-order valence-electron chi connectivity index (χ0n) is 9.77. The lowest BCUT2D eigenvalue weighted by atomic mass is 9.64. The van der Waals surface area contributed by atoms with Crippen LogP contribution in [0.5, 0.6) is 11.5 Å². The first kappa shape index (κ1) is 11.8. The second kappa shape index (κ2) is 4.28. The molecule has 2 rings (SSSR count). The smallest absolute Gasteiger partial charge is 0.314 e. The molecule has 0 saturated heterocycles. The molecule has 1 aliphatic rings. The molecule has 0 aromatic heterocycles. The minimum atomic E-state index is -0.962. The molecule has 92 valence electrons. The van der Waals surface area contributed by atoms with Crippen molar-refractivity contribution in [1.82, 2.24) is 0 Å². The van der Waals surface area contributed by atoms with Gasteiger partial charge in [0.05, 0.1) is 17.6 Å². The number of carbonyl (C=O) groups is 1. The number of aliphatic carboxylic acids is 1. The van der Waals surface area contributed by atoms with Crippen molar-refractivity contribution < 1.29 is 19.7 Å². The normalized spacial score (nSPS) is 17.2. The summed E-state index contributed by atoms with van der Waals surface area (Å²) in [5.41, 5.74) is -0.531. The molecule has 1 aromatic rings. The third kappa shape index (κ3) is 1.73. The van der Waals surface area contributed by atoms with Crippen molar-refractivity contribution in [3.8, 4) is 11.5 Å². The topological polar surface area (TPSA) is 66.8 Å². The summed E-state index contributed by atoms with van der Waals surface area (Å²) in [5, 5.41) is 19.3. The van der Waals surface area contributed by atoms with Gasteiger partial charge in [0.2, 0.25) is 0 Å². The van der Waals surface area contributed by atoms with Crippen LogP contribution in [0.3, 0.4) is 0 Å². The number of phenolic OH excluding ortho intramolecular Hbond substituents is 1. The van der Waals surface area contributed by atoms with Crippen LogP contribution in [0, 0.1) is 0 Å². The zero-order valence-corrected chi connectivity index (χ0v) is 9.77. The second-order valence-corrected chi connectivity index (χ2v) is 4.32. The summed E-state index contributed by atoms with van der Waals surface area (Å²) in [5.74, 6) is -0.390. The van der Waals surface area contributed by atoms with Gasteiger partial charge in [-0.3, -0.25) is 4.79 Å². The lowest BCUT2D eigenvalue weighted by Gasteiger charge is -2.39. The molecule has 0 bridgehead atoms. The minimum Gasteiger partial charge on any atom is -0.507 e. The van der Waals surface area contributed by atoms with E-state index in [-0.39, 0.29) is 5.75 Å². The van der Waals surface area contributed by atoms with Crippen LogP contribution in [0.15, 0.2) is 18.2 Å². The molecule has 0 spiro atoms. The van der Waals surface area contributed by atoms with Gasteiger partial charge in [0.1, 0.15) is 11.5 Å². The quantitative estimate of drug-likeness (QED) is 0.841. The first-order valence-electron chi connectivity index (χ1n) is 5.80. The highest BCUT2D eigenvalue weighted by Crippen LogP contribution is 2.50. The van der Waals surface area contributed by atoms with Gasteiger partial charge in [-0.05, 0) is 31.9 Å². The Morgan fingerprint density at radius 2 is 2.18 bits per heavy atom. The number of ether oxygens (including phenoxy) is 1. The second-order valence-electron chi connectivity index (χ2n) is 4.32. The number of hydrogen-bond donors (Lipinski definition) is 2. The van der Waals surface area contributed by atoms with Crippen LogP contribution in [0.1, 0.15) is 31.7 Å². The first-order valence-corrected chi connectivity index (χ1v) is 5.80. The Kier molecular flexibility index (Phi) is 2.96. The van der Waals surface area contributed by atoms with Crippen LogP contribution >= 0.6 is 0 Å². The molecule has 1 aromatic carbocycles. The van der Waals surface area contributed by atoms with Gasteiger partial charge >= 0.3 is 5.97 Å². The summed E-state index contributed by atoms with van der Waals surface area (Å²) in [6.45, 7) is 2.29. The minimum absolute atomic E-state index is 0.0121. The maximum Gasteiger partial charge on any atom is 0.314 e. The molecule has 4 nitrogen and oxygen atoms in total. The number of rotatable bonds is 4. The summed E-state index contributed by atoms with van der Waals surface area (Å²) < 4.78 is 5.43. The molecule has 1 saturated carbocycles. The Hall–Kier alpha value is -1.71. The lowest BCUT2D eigenvalue weighted by molar-refractivity contribution is -0.147. The van der Waals surface area contributed by atoms with Gasteiger partial charge in [0.25, 0.3) is 0 Å². The number of phenols is 1. The Balaban J connectivity index is 2.52. The highest BCUT2D eigenvalue weighted by Gasteiger charge is 2.49. The molecule has 0 atom stereocenters. The third-order valence-corrected chi connectivity index (χ3v) is 3.40. The number of aromatic hydroxyl groups is 1. The predicted octanol–water partition coefficient (Wildman–Crippen LogP) is 2.30. The Labute approximate surface area is 99.8 Å². The van der Waals surface area contributed by atoms with Crippen LogP contribution in [0.2, 0.25) is 0 Å². The van der Waals surface area contributed by atoms with Crippen molar-refractivity contribution in [2.24, 2.45) is 0 Å². The third-order valence-electron chi connectivity index (χ3n) is 3.40. The fourth-order valence-electron chi connectivity index (χ4n) is 2.38. The molecule has 0 aliphatic heterocycles. The molecule has 1 fully saturated rings. The van der Waals surface area contributed by atoms with Crippen LogP contribution in [0.4, 0.5) is 0 Å². The molecule has 0 unspecified atom stereocenters. The largest absolute Gasteiger partial charge is 0.507 e. The Morgan fingerprint density at radius 3 is 2.65 bits per heavy atom. The molecule has 2 N–H and O–H groups in total. The summed E-state index contributed by atoms with van der Waals surface area (Å²) in [6.07, 6.45) is 1.98. The van der Waals surface area contributed by atoms with E-state index in [0.29, 0.717) is 30.8 Å². The van der Waals surface area contributed by atoms with Gasteiger partial charge < -0.3 is 14.9 Å². The molecule has 0 heterocycles. The fraction of sp³-hybridized carbons (Fsp3) is 0.462. The van der Waals surface area contributed by atoms with Crippen LogP contribution in [-0.2, 0) is 10.2 Å². The van der Waals surface area contributed by atoms with E-state index >= 15 is 0 Å². The molecule has 17 heavy (non-hydrogen) atoms. The summed E-state index contributed by atoms with van der Waals surface area (Å²) >= 11 is 0. The molecular formula is C13H16O4. The van der Waals surface area contributed by atoms with Gasteiger partial charge in [0.15, 0.2) is 0 Å². The van der Waals surface area contributed by atoms with E-state index in [9.17, 15) is 15.0 Å². The maximum absolute atomic E-state index is 11.4. The van der Waals surface area contributed by atoms with Crippen LogP contribution < -0.4 is 4.74 Å². The Bertz CT molecular complexity index is 435. The van der Waals surface area contributed by atoms with E-state index in [1.165, 1.54) is 6.07 Å². The molecular weight excluding hydrogens is 220 g/mol. The van der Waals surface area contributed by atoms with E-state index in [1.807, 2.05) is 6.92 Å². The summed E-state index contributed by atoms with van der Waals surface area (Å²) in [6, 6.07) is 4.89.